The molecule has 0 aromatic heterocycles. The van der Waals surface area contributed by atoms with Gasteiger partial charge in [-0.25, -0.2) is 4.79 Å². The van der Waals surface area contributed by atoms with Crippen molar-refractivity contribution in [3.8, 4) is 0 Å². The molecule has 2 rings (SSSR count). The molecule has 6 heteroatoms. The number of carbonyl (C=O) groups is 1. The number of hydrogen-bond acceptors (Lipinski definition) is 3. The van der Waals surface area contributed by atoms with Crippen molar-refractivity contribution in [1.82, 2.24) is 0 Å². The van der Waals surface area contributed by atoms with Crippen LogP contribution in [0, 0.1) is 20.8 Å². The third-order valence-corrected chi connectivity index (χ3v) is 4.60. The SMILES string of the molecule is CCOC(=O)[C@](O)(/C=C(\C=C\c1ccccc1)c1c(C)cc(C)cc1C)C(F)(F)F. The van der Waals surface area contributed by atoms with E-state index < -0.39 is 17.7 Å². The molecule has 0 aliphatic carbocycles. The number of benzene rings is 2. The summed E-state index contributed by atoms with van der Waals surface area (Å²) >= 11 is 0. The van der Waals surface area contributed by atoms with Gasteiger partial charge in [0, 0.05) is 0 Å². The molecule has 0 fully saturated rings. The monoisotopic (exact) mass is 418 g/mol. The standard InChI is InChI=1S/C24H25F3O3/c1-5-30-22(28)23(29,24(25,26)27)15-20(12-11-19-9-7-6-8-10-19)21-17(3)13-16(2)14-18(21)4/h6-15,29H,5H2,1-4H3/b12-11+,20-15+/t23-/m1/s1. The molecule has 0 saturated carbocycles. The van der Waals surface area contributed by atoms with Crippen molar-refractivity contribution in [2.75, 3.05) is 6.61 Å². The maximum atomic E-state index is 13.8. The Balaban J connectivity index is 2.74. The second-order valence-corrected chi connectivity index (χ2v) is 7.10. The Hall–Kier alpha value is -2.86. The van der Waals surface area contributed by atoms with E-state index in [0.717, 1.165) is 22.3 Å². The van der Waals surface area contributed by atoms with Gasteiger partial charge in [0.1, 0.15) is 0 Å². The van der Waals surface area contributed by atoms with Crippen LogP contribution < -0.4 is 0 Å². The van der Waals surface area contributed by atoms with Crippen molar-refractivity contribution >= 4 is 17.6 Å². The second-order valence-electron chi connectivity index (χ2n) is 7.10. The normalized spacial score (nSPS) is 14.6. The number of aliphatic hydroxyl groups is 1. The first kappa shape index (κ1) is 23.4. The highest BCUT2D eigenvalue weighted by atomic mass is 19.4. The van der Waals surface area contributed by atoms with Crippen LogP contribution in [0.3, 0.4) is 0 Å². The van der Waals surface area contributed by atoms with Gasteiger partial charge in [-0.1, -0.05) is 60.2 Å². The van der Waals surface area contributed by atoms with Gasteiger partial charge in [0.25, 0.3) is 5.60 Å². The molecule has 0 aliphatic rings. The van der Waals surface area contributed by atoms with E-state index in [1.807, 2.05) is 25.1 Å². The number of aryl methyl sites for hydroxylation is 3. The average Bonchev–Trinajstić information content (AvgIpc) is 2.65. The van der Waals surface area contributed by atoms with E-state index in [0.29, 0.717) is 11.6 Å². The molecule has 0 bridgehead atoms. The van der Waals surface area contributed by atoms with Gasteiger partial charge in [-0.3, -0.25) is 0 Å². The first-order chi connectivity index (χ1) is 14.0. The molecule has 1 N–H and O–H groups in total. The molecule has 1 atom stereocenters. The van der Waals surface area contributed by atoms with E-state index in [4.69, 9.17) is 0 Å². The molecule has 2 aromatic rings. The number of ether oxygens (including phenoxy) is 1. The third-order valence-electron chi connectivity index (χ3n) is 4.60. The Kier molecular flexibility index (Phi) is 7.26. The maximum Gasteiger partial charge on any atom is 0.431 e. The number of halogens is 3. The molecule has 0 heterocycles. The number of alkyl halides is 3. The summed E-state index contributed by atoms with van der Waals surface area (Å²) in [4.78, 5) is 12.1. The summed E-state index contributed by atoms with van der Waals surface area (Å²) in [6.07, 6.45) is -1.62. The van der Waals surface area contributed by atoms with Crippen LogP contribution in [0.4, 0.5) is 13.2 Å². The summed E-state index contributed by atoms with van der Waals surface area (Å²) in [6, 6.07) is 12.7. The highest BCUT2D eigenvalue weighted by Crippen LogP contribution is 2.37. The molecule has 0 radical (unpaired) electrons. The van der Waals surface area contributed by atoms with Gasteiger partial charge >= 0.3 is 12.1 Å². The van der Waals surface area contributed by atoms with Crippen LogP contribution in [0.1, 0.15) is 34.7 Å². The Labute approximate surface area is 174 Å². The number of allylic oxidation sites excluding steroid dienone is 2. The Bertz CT molecular complexity index is 936. The topological polar surface area (TPSA) is 46.5 Å². The fourth-order valence-electron chi connectivity index (χ4n) is 3.31. The van der Waals surface area contributed by atoms with Crippen molar-refractivity contribution < 1.29 is 27.8 Å². The zero-order valence-corrected chi connectivity index (χ0v) is 17.4. The molecule has 160 valence electrons. The fraction of sp³-hybridized carbons (Fsp3) is 0.292. The van der Waals surface area contributed by atoms with Crippen molar-refractivity contribution in [1.29, 1.82) is 0 Å². The first-order valence-corrected chi connectivity index (χ1v) is 9.50. The van der Waals surface area contributed by atoms with Crippen LogP contribution in [0.25, 0.3) is 11.6 Å². The van der Waals surface area contributed by atoms with Gasteiger partial charge in [-0.05, 0) is 61.6 Å². The fourth-order valence-corrected chi connectivity index (χ4v) is 3.31. The summed E-state index contributed by atoms with van der Waals surface area (Å²) in [7, 11) is 0. The van der Waals surface area contributed by atoms with Gasteiger partial charge in [0.2, 0.25) is 0 Å². The third kappa shape index (κ3) is 5.19. The van der Waals surface area contributed by atoms with Crippen LogP contribution in [-0.2, 0) is 9.53 Å². The molecule has 0 saturated heterocycles. The van der Waals surface area contributed by atoms with Crippen molar-refractivity contribution in [2.45, 2.75) is 39.5 Å². The molecular formula is C24H25F3O3. The van der Waals surface area contributed by atoms with Crippen LogP contribution >= 0.6 is 0 Å². The predicted octanol–water partition coefficient (Wildman–Crippen LogP) is 5.57. The number of carbonyl (C=O) groups excluding carboxylic acids is 1. The minimum atomic E-state index is -5.25. The smallest absolute Gasteiger partial charge is 0.431 e. The van der Waals surface area contributed by atoms with Crippen molar-refractivity contribution in [2.24, 2.45) is 0 Å². The first-order valence-electron chi connectivity index (χ1n) is 9.50. The van der Waals surface area contributed by atoms with Crippen molar-refractivity contribution in [3.05, 3.63) is 82.4 Å². The van der Waals surface area contributed by atoms with Crippen LogP contribution in [0.2, 0.25) is 0 Å². The minimum absolute atomic E-state index is 0.0710. The lowest BCUT2D eigenvalue weighted by molar-refractivity contribution is -0.245. The zero-order valence-electron chi connectivity index (χ0n) is 17.4. The molecule has 0 spiro atoms. The highest BCUT2D eigenvalue weighted by Gasteiger charge is 2.59. The molecule has 30 heavy (non-hydrogen) atoms. The van der Waals surface area contributed by atoms with E-state index >= 15 is 0 Å². The lowest BCUT2D eigenvalue weighted by Crippen LogP contribution is -2.51. The summed E-state index contributed by atoms with van der Waals surface area (Å²) in [5, 5.41) is 10.4. The molecule has 0 unspecified atom stereocenters. The Morgan fingerprint density at radius 3 is 2.13 bits per heavy atom. The van der Waals surface area contributed by atoms with Gasteiger partial charge in [-0.15, -0.1) is 0 Å². The van der Waals surface area contributed by atoms with Gasteiger partial charge in [0.15, 0.2) is 0 Å². The molecular weight excluding hydrogens is 393 g/mol. The summed E-state index contributed by atoms with van der Waals surface area (Å²) in [5.41, 5.74) is -0.0198. The summed E-state index contributed by atoms with van der Waals surface area (Å²) < 4.78 is 45.8. The predicted molar refractivity (Wildman–Crippen MR) is 112 cm³/mol. The van der Waals surface area contributed by atoms with Crippen LogP contribution in [0.5, 0.6) is 0 Å². The largest absolute Gasteiger partial charge is 0.463 e. The minimum Gasteiger partial charge on any atom is -0.463 e. The van der Waals surface area contributed by atoms with Gasteiger partial charge in [0.05, 0.1) is 6.61 Å². The zero-order chi connectivity index (χ0) is 22.5. The summed E-state index contributed by atoms with van der Waals surface area (Å²) in [6.45, 7) is 6.52. The van der Waals surface area contributed by atoms with E-state index in [9.17, 15) is 23.1 Å². The maximum absolute atomic E-state index is 13.8. The summed E-state index contributed by atoms with van der Waals surface area (Å²) in [5.74, 6) is -1.76. The Morgan fingerprint density at radius 1 is 1.07 bits per heavy atom. The van der Waals surface area contributed by atoms with Gasteiger partial charge in [-0.2, -0.15) is 13.2 Å². The quantitative estimate of drug-likeness (QED) is 0.493. The number of hydrogen-bond donors (Lipinski definition) is 1. The number of rotatable bonds is 6. The lowest BCUT2D eigenvalue weighted by Gasteiger charge is -2.26. The van der Waals surface area contributed by atoms with E-state index in [1.54, 1.807) is 44.2 Å². The van der Waals surface area contributed by atoms with E-state index in [2.05, 4.69) is 4.74 Å². The van der Waals surface area contributed by atoms with Crippen molar-refractivity contribution in [3.63, 3.8) is 0 Å². The van der Waals surface area contributed by atoms with Gasteiger partial charge < -0.3 is 9.84 Å². The second kappa shape index (κ2) is 9.30. The van der Waals surface area contributed by atoms with E-state index in [-0.39, 0.29) is 12.2 Å². The van der Waals surface area contributed by atoms with E-state index in [1.165, 1.54) is 13.0 Å². The molecule has 0 amide bonds. The molecule has 3 nitrogen and oxygen atoms in total. The highest BCUT2D eigenvalue weighted by molar-refractivity contribution is 5.90. The molecule has 0 aliphatic heterocycles. The molecule has 2 aromatic carbocycles. The Morgan fingerprint density at radius 2 is 1.63 bits per heavy atom. The lowest BCUT2D eigenvalue weighted by atomic mass is 9.89. The van der Waals surface area contributed by atoms with Crippen LogP contribution in [0.15, 0.2) is 54.6 Å². The number of esters is 1. The average molecular weight is 418 g/mol. The van der Waals surface area contributed by atoms with Crippen LogP contribution in [-0.4, -0.2) is 29.5 Å².